The molecule has 4 aromatic rings. The van der Waals surface area contributed by atoms with Crippen molar-refractivity contribution in [2.45, 2.75) is 48.5 Å². The maximum absolute atomic E-state index is 13.1. The van der Waals surface area contributed by atoms with E-state index in [1.807, 2.05) is 12.1 Å². The summed E-state index contributed by atoms with van der Waals surface area (Å²) in [5, 5.41) is 12.9. The maximum Gasteiger partial charge on any atom is 0.206 e. The molecule has 9 heteroatoms. The highest BCUT2D eigenvalue weighted by atomic mass is 32.2. The van der Waals surface area contributed by atoms with E-state index in [0.29, 0.717) is 22.6 Å². The van der Waals surface area contributed by atoms with Crippen LogP contribution < -0.4 is 4.74 Å². The van der Waals surface area contributed by atoms with Gasteiger partial charge in [0.05, 0.1) is 9.79 Å². The van der Waals surface area contributed by atoms with Crippen LogP contribution in [0.5, 0.6) is 17.2 Å². The van der Waals surface area contributed by atoms with E-state index in [2.05, 4.69) is 31.0 Å². The number of rotatable bonds is 8. The molecule has 0 saturated heterocycles. The van der Waals surface area contributed by atoms with E-state index in [1.54, 1.807) is 67.6 Å². The van der Waals surface area contributed by atoms with Gasteiger partial charge in [-0.05, 0) is 84.1 Å². The van der Waals surface area contributed by atoms with Crippen molar-refractivity contribution in [2.24, 2.45) is 5.28 Å². The molecule has 1 atom stereocenters. The highest BCUT2D eigenvalue weighted by Crippen LogP contribution is 2.36. The van der Waals surface area contributed by atoms with E-state index in [-0.39, 0.29) is 21.0 Å². The molecular formula is C30H29N3O5S. The van der Waals surface area contributed by atoms with E-state index in [1.165, 1.54) is 24.3 Å². The summed E-state index contributed by atoms with van der Waals surface area (Å²) in [6.07, 6.45) is 0. The number of nitrogens with zero attached hydrogens (tertiary/aromatic N) is 3. The zero-order valence-corrected chi connectivity index (χ0v) is 22.9. The molecule has 4 rings (SSSR count). The number of hydrogen-bond donors (Lipinski definition) is 1. The Kier molecular flexibility index (Phi) is 7.58. The number of phenolic OH excluding ortho intramolecular Hbond substituents is 1. The summed E-state index contributed by atoms with van der Waals surface area (Å²) in [5.74, 6) is 1.09. The van der Waals surface area contributed by atoms with Crippen molar-refractivity contribution in [1.82, 2.24) is 0 Å². The van der Waals surface area contributed by atoms with Crippen molar-refractivity contribution in [2.75, 3.05) is 0 Å². The van der Waals surface area contributed by atoms with Gasteiger partial charge < -0.3 is 14.7 Å². The first-order valence-corrected chi connectivity index (χ1v) is 13.7. The molecule has 0 heterocycles. The number of hydrogen-bond acceptors (Lipinski definition) is 6. The minimum atomic E-state index is -3.67. The lowest BCUT2D eigenvalue weighted by Gasteiger charge is -2.28. The van der Waals surface area contributed by atoms with Crippen LogP contribution in [0.3, 0.4) is 0 Å². The molecule has 0 aliphatic rings. The number of ether oxygens (including phenoxy) is 1. The van der Waals surface area contributed by atoms with Crippen LogP contribution in [0, 0.1) is 0 Å². The summed E-state index contributed by atoms with van der Waals surface area (Å²) in [6.45, 7) is 7.98. The van der Waals surface area contributed by atoms with Gasteiger partial charge in [0.2, 0.25) is 9.84 Å². The zero-order valence-electron chi connectivity index (χ0n) is 22.1. The Bertz CT molecular complexity index is 1590. The van der Waals surface area contributed by atoms with E-state index < -0.39 is 15.4 Å². The Hall–Kier alpha value is -4.46. The fourth-order valence-electron chi connectivity index (χ4n) is 4.09. The smallest absolute Gasteiger partial charge is 0.206 e. The third-order valence-electron chi connectivity index (χ3n) is 6.48. The predicted octanol–water partition coefficient (Wildman–Crippen LogP) is 7.82. The largest absolute Gasteiger partial charge is 0.508 e. The minimum absolute atomic E-state index is 0.0682. The zero-order chi connectivity index (χ0) is 28.3. The molecule has 0 amide bonds. The van der Waals surface area contributed by atoms with Crippen LogP contribution in [0.15, 0.2) is 112 Å². The Morgan fingerprint density at radius 1 is 0.692 bits per heavy atom. The second-order valence-corrected chi connectivity index (χ2v) is 12.2. The lowest BCUT2D eigenvalue weighted by Crippen LogP contribution is -2.25. The summed E-state index contributed by atoms with van der Waals surface area (Å²) in [4.78, 5) is 8.60. The number of azide groups is 1. The van der Waals surface area contributed by atoms with Gasteiger partial charge >= 0.3 is 0 Å². The van der Waals surface area contributed by atoms with Gasteiger partial charge in [0.15, 0.2) is 5.60 Å². The van der Waals surface area contributed by atoms with Crippen molar-refractivity contribution in [1.29, 1.82) is 0 Å². The molecule has 0 aliphatic carbocycles. The maximum atomic E-state index is 13.1. The first-order valence-electron chi connectivity index (χ1n) is 12.2. The van der Waals surface area contributed by atoms with Crippen LogP contribution in [0.1, 0.15) is 44.4 Å². The van der Waals surface area contributed by atoms with Crippen LogP contribution in [0.25, 0.3) is 10.4 Å². The third-order valence-corrected chi connectivity index (χ3v) is 8.27. The van der Waals surface area contributed by atoms with Gasteiger partial charge in [0.25, 0.3) is 0 Å². The van der Waals surface area contributed by atoms with E-state index in [4.69, 9.17) is 15.1 Å². The molecule has 0 aromatic heterocycles. The molecule has 39 heavy (non-hydrogen) atoms. The first kappa shape index (κ1) is 27.6. The van der Waals surface area contributed by atoms with Gasteiger partial charge in [0.1, 0.15) is 22.5 Å². The Labute approximate surface area is 228 Å². The normalized spacial score (nSPS) is 13.1. The van der Waals surface area contributed by atoms with Crippen LogP contribution in [-0.2, 0) is 25.7 Å². The predicted molar refractivity (Wildman–Crippen MR) is 148 cm³/mol. The topological polar surface area (TPSA) is 122 Å². The summed E-state index contributed by atoms with van der Waals surface area (Å²) in [5.41, 5.74) is 10.0. The van der Waals surface area contributed by atoms with Crippen molar-refractivity contribution in [3.8, 4) is 17.2 Å². The number of benzene rings is 4. The van der Waals surface area contributed by atoms with Gasteiger partial charge in [-0.2, -0.15) is 0 Å². The van der Waals surface area contributed by atoms with Crippen molar-refractivity contribution >= 4 is 9.84 Å². The molecule has 0 bridgehead atoms. The average Bonchev–Trinajstić information content (AvgIpc) is 2.92. The van der Waals surface area contributed by atoms with Crippen molar-refractivity contribution < 1.29 is 23.1 Å². The molecule has 0 saturated carbocycles. The Morgan fingerprint density at radius 3 is 1.56 bits per heavy atom. The molecule has 8 nitrogen and oxygen atoms in total. The monoisotopic (exact) mass is 543 g/mol. The van der Waals surface area contributed by atoms with Crippen LogP contribution in [0.2, 0.25) is 0 Å². The van der Waals surface area contributed by atoms with Crippen molar-refractivity contribution in [3.63, 3.8) is 0 Å². The third kappa shape index (κ3) is 6.00. The molecule has 200 valence electrons. The average molecular weight is 544 g/mol. The van der Waals surface area contributed by atoms with Crippen LogP contribution >= 0.6 is 0 Å². The molecule has 4 aromatic carbocycles. The molecule has 0 aliphatic heterocycles. The number of aromatic hydroxyl groups is 1. The van der Waals surface area contributed by atoms with Gasteiger partial charge in [0, 0.05) is 16.0 Å². The molecule has 1 unspecified atom stereocenters. The lowest BCUT2D eigenvalue weighted by atomic mass is 9.87. The second kappa shape index (κ2) is 10.7. The van der Waals surface area contributed by atoms with E-state index in [0.717, 1.165) is 5.56 Å². The van der Waals surface area contributed by atoms with E-state index >= 15 is 0 Å². The Balaban J connectivity index is 1.52. The summed E-state index contributed by atoms with van der Waals surface area (Å²) in [6, 6.07) is 26.6. The highest BCUT2D eigenvalue weighted by Gasteiger charge is 2.31. The standard InChI is InChI=1S/C30H29N3O5S/c1-29(2,3)21-9-17-27(18-10-21)39(35,36)28-19-15-26(16-20-28)37-25-13-7-23(8-14-25)30(4,38-33-32-31)22-5-11-24(34)12-6-22/h5-20,34H,1-4H3. The molecule has 0 fully saturated rings. The van der Waals surface area contributed by atoms with Crippen LogP contribution in [0.4, 0.5) is 0 Å². The van der Waals surface area contributed by atoms with E-state index in [9.17, 15) is 13.5 Å². The van der Waals surface area contributed by atoms with Gasteiger partial charge in [-0.25, -0.2) is 8.42 Å². The lowest BCUT2D eigenvalue weighted by molar-refractivity contribution is -0.00449. The quantitative estimate of drug-likeness (QED) is 0.105. The first-order chi connectivity index (χ1) is 18.4. The van der Waals surface area contributed by atoms with Crippen molar-refractivity contribution in [3.05, 3.63) is 124 Å². The Morgan fingerprint density at radius 2 is 1.10 bits per heavy atom. The molecule has 0 spiro atoms. The summed E-state index contributed by atoms with van der Waals surface area (Å²) >= 11 is 0. The summed E-state index contributed by atoms with van der Waals surface area (Å²) in [7, 11) is -3.67. The molecular weight excluding hydrogens is 514 g/mol. The SMILES string of the molecule is CC(C)(C)c1ccc(S(=O)(=O)c2ccc(Oc3ccc(C(C)(ON=[N+]=[N-])c4ccc(O)cc4)cc3)cc2)cc1. The van der Waals surface area contributed by atoms with Crippen LogP contribution in [-0.4, -0.2) is 13.5 Å². The van der Waals surface area contributed by atoms with Gasteiger partial charge in [-0.3, -0.25) is 0 Å². The molecule has 0 radical (unpaired) electrons. The number of sulfone groups is 1. The fraction of sp³-hybridized carbons (Fsp3) is 0.200. The fourth-order valence-corrected chi connectivity index (χ4v) is 5.35. The second-order valence-electron chi connectivity index (χ2n) is 10.2. The van der Waals surface area contributed by atoms with Gasteiger partial charge in [-0.15, -0.1) is 0 Å². The minimum Gasteiger partial charge on any atom is -0.508 e. The summed E-state index contributed by atoms with van der Waals surface area (Å²) < 4.78 is 32.1. The highest BCUT2D eigenvalue weighted by molar-refractivity contribution is 7.91. The number of phenols is 1. The van der Waals surface area contributed by atoms with Gasteiger partial charge in [-0.1, -0.05) is 57.2 Å². The molecule has 1 N–H and O–H groups in total.